The van der Waals surface area contributed by atoms with Gasteiger partial charge in [0.1, 0.15) is 16.8 Å². The number of methoxy groups -OCH3 is 1. The standard InChI is InChI=1S/C12H12Cl4O2/c1-3-7-9(18-5-4-10(14)15)6-8(13)12(17-2)11(7)16/h4,6H,3,5H2,1-2H3. The van der Waals surface area contributed by atoms with Gasteiger partial charge in [-0.3, -0.25) is 0 Å². The molecule has 0 unspecified atom stereocenters. The molecule has 1 aromatic carbocycles. The Morgan fingerprint density at radius 2 is 2.00 bits per heavy atom. The van der Waals surface area contributed by atoms with Crippen molar-refractivity contribution >= 4 is 46.4 Å². The summed E-state index contributed by atoms with van der Waals surface area (Å²) in [6.07, 6.45) is 2.23. The number of hydrogen-bond donors (Lipinski definition) is 0. The summed E-state index contributed by atoms with van der Waals surface area (Å²) in [5, 5.41) is 0.860. The first-order valence-electron chi connectivity index (χ1n) is 5.20. The number of benzene rings is 1. The predicted molar refractivity (Wildman–Crippen MR) is 77.7 cm³/mol. The average Bonchev–Trinajstić information content (AvgIpc) is 2.29. The highest BCUT2D eigenvalue weighted by Crippen LogP contribution is 2.41. The van der Waals surface area contributed by atoms with Gasteiger partial charge < -0.3 is 9.47 Å². The molecule has 18 heavy (non-hydrogen) atoms. The third kappa shape index (κ3) is 3.86. The first kappa shape index (κ1) is 15.8. The van der Waals surface area contributed by atoms with Gasteiger partial charge in [0.2, 0.25) is 0 Å². The molecule has 0 bridgehead atoms. The van der Waals surface area contributed by atoms with Crippen LogP contribution in [0.4, 0.5) is 0 Å². The molecular weight excluding hydrogens is 318 g/mol. The second kappa shape index (κ2) is 7.34. The summed E-state index contributed by atoms with van der Waals surface area (Å²) in [5.41, 5.74) is 0.831. The van der Waals surface area contributed by atoms with Crippen LogP contribution in [0.25, 0.3) is 0 Å². The van der Waals surface area contributed by atoms with Crippen LogP contribution in [-0.4, -0.2) is 13.7 Å². The van der Waals surface area contributed by atoms with E-state index in [2.05, 4.69) is 0 Å². The van der Waals surface area contributed by atoms with Crippen molar-refractivity contribution in [1.82, 2.24) is 0 Å². The monoisotopic (exact) mass is 328 g/mol. The van der Waals surface area contributed by atoms with Crippen LogP contribution in [0.3, 0.4) is 0 Å². The zero-order valence-corrected chi connectivity index (χ0v) is 12.9. The van der Waals surface area contributed by atoms with E-state index in [1.165, 1.54) is 13.2 Å². The van der Waals surface area contributed by atoms with E-state index in [1.807, 2.05) is 6.92 Å². The Labute approximate surface area is 126 Å². The summed E-state index contributed by atoms with van der Waals surface area (Å²) in [7, 11) is 1.52. The van der Waals surface area contributed by atoms with Gasteiger partial charge >= 0.3 is 0 Å². The molecule has 0 spiro atoms. The number of hydrogen-bond acceptors (Lipinski definition) is 2. The Morgan fingerprint density at radius 3 is 2.50 bits per heavy atom. The third-order valence-electron chi connectivity index (χ3n) is 2.27. The van der Waals surface area contributed by atoms with Crippen molar-refractivity contribution in [3.05, 3.63) is 32.2 Å². The van der Waals surface area contributed by atoms with Gasteiger partial charge in [0.25, 0.3) is 0 Å². The summed E-state index contributed by atoms with van der Waals surface area (Å²) < 4.78 is 10.8. The molecular formula is C12H12Cl4O2. The third-order valence-corrected chi connectivity index (χ3v) is 3.26. The fourth-order valence-electron chi connectivity index (χ4n) is 1.46. The smallest absolute Gasteiger partial charge is 0.156 e. The van der Waals surface area contributed by atoms with Crippen molar-refractivity contribution < 1.29 is 9.47 Å². The number of ether oxygens (including phenoxy) is 2. The molecule has 100 valence electrons. The van der Waals surface area contributed by atoms with E-state index in [0.717, 1.165) is 5.56 Å². The maximum atomic E-state index is 6.20. The highest BCUT2D eigenvalue weighted by atomic mass is 35.5. The van der Waals surface area contributed by atoms with Crippen molar-refractivity contribution in [2.75, 3.05) is 13.7 Å². The van der Waals surface area contributed by atoms with Crippen LogP contribution in [0.15, 0.2) is 16.6 Å². The normalized spacial score (nSPS) is 10.1. The van der Waals surface area contributed by atoms with Crippen LogP contribution in [-0.2, 0) is 6.42 Å². The Balaban J connectivity index is 3.08. The first-order valence-corrected chi connectivity index (χ1v) is 6.71. The molecule has 0 fully saturated rings. The van der Waals surface area contributed by atoms with Crippen LogP contribution < -0.4 is 9.47 Å². The van der Waals surface area contributed by atoms with Crippen LogP contribution in [0.2, 0.25) is 10.0 Å². The number of rotatable bonds is 5. The number of halogens is 4. The minimum atomic E-state index is 0.152. The minimum absolute atomic E-state index is 0.152. The summed E-state index contributed by atoms with van der Waals surface area (Å²) in [5.74, 6) is 1.05. The second-order valence-electron chi connectivity index (χ2n) is 3.34. The molecule has 6 heteroatoms. The van der Waals surface area contributed by atoms with E-state index in [4.69, 9.17) is 55.9 Å². The van der Waals surface area contributed by atoms with E-state index in [9.17, 15) is 0 Å². The molecule has 0 N–H and O–H groups in total. The fraction of sp³-hybridized carbons (Fsp3) is 0.333. The molecule has 0 atom stereocenters. The minimum Gasteiger partial charge on any atom is -0.494 e. The quantitative estimate of drug-likeness (QED) is 0.733. The van der Waals surface area contributed by atoms with Gasteiger partial charge in [-0.1, -0.05) is 53.3 Å². The van der Waals surface area contributed by atoms with Gasteiger partial charge in [0, 0.05) is 11.6 Å². The Bertz CT molecular complexity index is 454. The van der Waals surface area contributed by atoms with Crippen LogP contribution in [0, 0.1) is 0 Å². The maximum absolute atomic E-state index is 6.20. The highest BCUT2D eigenvalue weighted by molar-refractivity contribution is 6.55. The topological polar surface area (TPSA) is 18.5 Å². The largest absolute Gasteiger partial charge is 0.494 e. The molecule has 0 radical (unpaired) electrons. The maximum Gasteiger partial charge on any atom is 0.156 e. The molecule has 0 saturated carbocycles. The van der Waals surface area contributed by atoms with Gasteiger partial charge in [-0.05, 0) is 12.5 Å². The second-order valence-corrected chi connectivity index (χ2v) is 5.13. The lowest BCUT2D eigenvalue weighted by atomic mass is 10.1. The summed E-state index contributed by atoms with van der Waals surface area (Å²) in [4.78, 5) is 0. The van der Waals surface area contributed by atoms with Gasteiger partial charge in [-0.2, -0.15) is 0 Å². The predicted octanol–water partition coefficient (Wildman–Crippen LogP) is 5.26. The molecule has 0 aromatic heterocycles. The Morgan fingerprint density at radius 1 is 1.33 bits per heavy atom. The van der Waals surface area contributed by atoms with E-state index in [1.54, 1.807) is 6.07 Å². The van der Waals surface area contributed by atoms with E-state index >= 15 is 0 Å². The summed E-state index contributed by atoms with van der Waals surface area (Å²) in [6.45, 7) is 2.21. The van der Waals surface area contributed by atoms with E-state index in [-0.39, 0.29) is 11.1 Å². The molecule has 0 aliphatic heterocycles. The van der Waals surface area contributed by atoms with Crippen molar-refractivity contribution in [2.24, 2.45) is 0 Å². The molecule has 0 aliphatic rings. The first-order chi connectivity index (χ1) is 8.51. The Hall–Kier alpha value is -0.280. The zero-order chi connectivity index (χ0) is 13.7. The lowest BCUT2D eigenvalue weighted by Gasteiger charge is -2.14. The molecule has 0 heterocycles. The SMILES string of the molecule is CCc1c(OCC=C(Cl)Cl)cc(Cl)c(OC)c1Cl. The van der Waals surface area contributed by atoms with Gasteiger partial charge in [-0.25, -0.2) is 0 Å². The molecule has 2 nitrogen and oxygen atoms in total. The van der Waals surface area contributed by atoms with Gasteiger partial charge in [0.15, 0.2) is 5.75 Å². The van der Waals surface area contributed by atoms with E-state index < -0.39 is 0 Å². The lowest BCUT2D eigenvalue weighted by Crippen LogP contribution is -2.00. The van der Waals surface area contributed by atoms with Crippen LogP contribution in [0.1, 0.15) is 12.5 Å². The summed E-state index contributed by atoms with van der Waals surface area (Å²) >= 11 is 23.3. The van der Waals surface area contributed by atoms with E-state index in [0.29, 0.717) is 28.0 Å². The van der Waals surface area contributed by atoms with Crippen LogP contribution in [0.5, 0.6) is 11.5 Å². The average molecular weight is 330 g/mol. The summed E-state index contributed by atoms with van der Waals surface area (Å²) in [6, 6.07) is 1.67. The molecule has 0 amide bonds. The highest BCUT2D eigenvalue weighted by Gasteiger charge is 2.16. The molecule has 1 aromatic rings. The fourth-order valence-corrected chi connectivity index (χ4v) is 2.31. The molecule has 0 aliphatic carbocycles. The van der Waals surface area contributed by atoms with Crippen molar-refractivity contribution in [2.45, 2.75) is 13.3 Å². The molecule has 1 rings (SSSR count). The van der Waals surface area contributed by atoms with Crippen molar-refractivity contribution in [1.29, 1.82) is 0 Å². The zero-order valence-electron chi connectivity index (χ0n) is 9.90. The van der Waals surface area contributed by atoms with Crippen molar-refractivity contribution in [3.8, 4) is 11.5 Å². The lowest BCUT2D eigenvalue weighted by molar-refractivity contribution is 0.357. The van der Waals surface area contributed by atoms with Crippen molar-refractivity contribution in [3.63, 3.8) is 0 Å². The van der Waals surface area contributed by atoms with Crippen LogP contribution >= 0.6 is 46.4 Å². The molecule has 0 saturated heterocycles. The van der Waals surface area contributed by atoms with Gasteiger partial charge in [0.05, 0.1) is 17.2 Å². The Kier molecular flexibility index (Phi) is 6.44. The van der Waals surface area contributed by atoms with Gasteiger partial charge in [-0.15, -0.1) is 0 Å².